The van der Waals surface area contributed by atoms with E-state index in [0.717, 1.165) is 17.3 Å². The lowest BCUT2D eigenvalue weighted by Crippen LogP contribution is -2.06. The van der Waals surface area contributed by atoms with Crippen molar-refractivity contribution in [3.63, 3.8) is 0 Å². The van der Waals surface area contributed by atoms with Gasteiger partial charge in [0.05, 0.1) is 11.6 Å². The van der Waals surface area contributed by atoms with Crippen LogP contribution in [0.2, 0.25) is 0 Å². The summed E-state index contributed by atoms with van der Waals surface area (Å²) in [6, 6.07) is 9.63. The van der Waals surface area contributed by atoms with E-state index in [9.17, 15) is 4.79 Å². The summed E-state index contributed by atoms with van der Waals surface area (Å²) >= 11 is 0.919. The number of hydrogen-bond acceptors (Lipinski definition) is 3. The molecule has 0 radical (unpaired) electrons. The van der Waals surface area contributed by atoms with Crippen LogP contribution in [0.1, 0.15) is 10.8 Å². The van der Waals surface area contributed by atoms with E-state index in [1.807, 2.05) is 41.1 Å². The normalized spacial score (nSPS) is 12.2. The largest absolute Gasteiger partial charge is 0.473 e. The molecule has 1 aromatic heterocycles. The van der Waals surface area contributed by atoms with Gasteiger partial charge in [-0.3, -0.25) is 0 Å². The highest BCUT2D eigenvalue weighted by molar-refractivity contribution is 8.13. The minimum atomic E-state index is -0.862. The van der Waals surface area contributed by atoms with Gasteiger partial charge in [-0.15, -0.1) is 0 Å². The molecule has 1 unspecified atom stereocenters. The van der Waals surface area contributed by atoms with Crippen LogP contribution in [0.25, 0.3) is 0 Å². The van der Waals surface area contributed by atoms with Gasteiger partial charge in [0.25, 0.3) is 0 Å². The van der Waals surface area contributed by atoms with Crippen LogP contribution in [0.15, 0.2) is 49.1 Å². The predicted molar refractivity (Wildman–Crippen MR) is 67.0 cm³/mol. The molecule has 88 valence electrons. The Labute approximate surface area is 103 Å². The van der Waals surface area contributed by atoms with Crippen LogP contribution < -0.4 is 0 Å². The molecule has 0 saturated carbocycles. The van der Waals surface area contributed by atoms with Gasteiger partial charge >= 0.3 is 5.30 Å². The molecule has 0 saturated heterocycles. The summed E-state index contributed by atoms with van der Waals surface area (Å²) in [4.78, 5) is 14.8. The Kier molecular flexibility index (Phi) is 3.82. The minimum absolute atomic E-state index is 0.108. The summed E-state index contributed by atoms with van der Waals surface area (Å²) in [5.74, 6) is 0. The first-order chi connectivity index (χ1) is 8.25. The van der Waals surface area contributed by atoms with Crippen LogP contribution in [0.3, 0.4) is 0 Å². The van der Waals surface area contributed by atoms with E-state index in [-0.39, 0.29) is 5.25 Å². The third kappa shape index (κ3) is 3.35. The first kappa shape index (κ1) is 11.7. The van der Waals surface area contributed by atoms with Crippen molar-refractivity contribution in [2.75, 3.05) is 0 Å². The Morgan fingerprint density at radius 2 is 2.18 bits per heavy atom. The van der Waals surface area contributed by atoms with E-state index in [0.29, 0.717) is 6.54 Å². The zero-order valence-electron chi connectivity index (χ0n) is 9.06. The number of thioether (sulfide) groups is 1. The zero-order chi connectivity index (χ0) is 12.1. The highest BCUT2D eigenvalue weighted by Crippen LogP contribution is 2.30. The molecule has 17 heavy (non-hydrogen) atoms. The first-order valence-electron chi connectivity index (χ1n) is 5.16. The van der Waals surface area contributed by atoms with Crippen molar-refractivity contribution in [3.8, 4) is 0 Å². The number of aromatic nitrogens is 2. The van der Waals surface area contributed by atoms with E-state index in [2.05, 4.69) is 4.98 Å². The van der Waals surface area contributed by atoms with E-state index >= 15 is 0 Å². The topological polar surface area (TPSA) is 55.1 Å². The third-order valence-electron chi connectivity index (χ3n) is 2.35. The summed E-state index contributed by atoms with van der Waals surface area (Å²) in [7, 11) is 0. The van der Waals surface area contributed by atoms with Crippen LogP contribution in [-0.4, -0.2) is 20.0 Å². The summed E-state index contributed by atoms with van der Waals surface area (Å²) in [6.45, 7) is 0.598. The van der Waals surface area contributed by atoms with Crippen LogP contribution in [-0.2, 0) is 6.54 Å². The lowest BCUT2D eigenvalue weighted by molar-refractivity contribution is 0.222. The fourth-order valence-corrected chi connectivity index (χ4v) is 2.37. The molecule has 4 nitrogen and oxygen atoms in total. The van der Waals surface area contributed by atoms with E-state index in [1.165, 1.54) is 0 Å². The maximum Gasteiger partial charge on any atom is 0.365 e. The van der Waals surface area contributed by atoms with Gasteiger partial charge in [0, 0.05) is 18.9 Å². The van der Waals surface area contributed by atoms with Gasteiger partial charge in [0.2, 0.25) is 0 Å². The van der Waals surface area contributed by atoms with Crippen molar-refractivity contribution < 1.29 is 9.90 Å². The van der Waals surface area contributed by atoms with Gasteiger partial charge in [0.1, 0.15) is 0 Å². The van der Waals surface area contributed by atoms with Gasteiger partial charge in [-0.25, -0.2) is 9.78 Å². The highest BCUT2D eigenvalue weighted by atomic mass is 32.2. The molecular formula is C12H12N2O2S. The number of imidazole rings is 1. The standard InChI is InChI=1S/C12H12N2O2S/c15-12(16)17-11(8-14-7-6-13-9-14)10-4-2-1-3-5-10/h1-7,9,11H,8H2,(H,15,16). The van der Waals surface area contributed by atoms with Gasteiger partial charge in [-0.1, -0.05) is 30.3 Å². The maximum absolute atomic E-state index is 10.8. The number of nitrogens with zero attached hydrogens (tertiary/aromatic N) is 2. The summed E-state index contributed by atoms with van der Waals surface area (Å²) in [5.41, 5.74) is 1.01. The SMILES string of the molecule is O=C(O)SC(Cn1ccnc1)c1ccccc1. The Hall–Kier alpha value is -1.75. The molecule has 0 aliphatic heterocycles. The average molecular weight is 248 g/mol. The molecule has 2 rings (SSSR count). The molecule has 0 bridgehead atoms. The molecule has 0 aliphatic rings. The van der Waals surface area contributed by atoms with Crippen molar-refractivity contribution in [1.29, 1.82) is 0 Å². The van der Waals surface area contributed by atoms with Crippen molar-refractivity contribution in [2.45, 2.75) is 11.8 Å². The highest BCUT2D eigenvalue weighted by Gasteiger charge is 2.16. The van der Waals surface area contributed by atoms with Gasteiger partial charge < -0.3 is 9.67 Å². The monoisotopic (exact) mass is 248 g/mol. The fraction of sp³-hybridized carbons (Fsp3) is 0.167. The van der Waals surface area contributed by atoms with Gasteiger partial charge in [-0.05, 0) is 17.3 Å². The van der Waals surface area contributed by atoms with E-state index in [4.69, 9.17) is 5.11 Å². The Bertz CT molecular complexity index is 471. The molecular weight excluding hydrogens is 236 g/mol. The number of benzene rings is 1. The Balaban J connectivity index is 2.16. The zero-order valence-corrected chi connectivity index (χ0v) is 9.88. The van der Waals surface area contributed by atoms with Crippen molar-refractivity contribution >= 4 is 17.1 Å². The Morgan fingerprint density at radius 1 is 1.41 bits per heavy atom. The van der Waals surface area contributed by atoms with Crippen LogP contribution in [0, 0.1) is 0 Å². The molecule has 0 fully saturated rings. The average Bonchev–Trinajstić information content (AvgIpc) is 2.82. The molecule has 0 spiro atoms. The van der Waals surface area contributed by atoms with E-state index in [1.54, 1.807) is 12.5 Å². The lowest BCUT2D eigenvalue weighted by atomic mass is 10.1. The number of carboxylic acid groups (broad SMARTS) is 1. The number of rotatable bonds is 4. The molecule has 1 heterocycles. The van der Waals surface area contributed by atoms with Gasteiger partial charge in [0.15, 0.2) is 0 Å². The summed E-state index contributed by atoms with van der Waals surface area (Å²) in [6.07, 6.45) is 5.21. The van der Waals surface area contributed by atoms with Crippen LogP contribution in [0.5, 0.6) is 0 Å². The minimum Gasteiger partial charge on any atom is -0.473 e. The molecule has 5 heteroatoms. The predicted octanol–water partition coefficient (Wildman–Crippen LogP) is 3.04. The molecule has 1 atom stereocenters. The summed E-state index contributed by atoms with van der Waals surface area (Å²) in [5, 5.41) is 7.94. The number of hydrogen-bond donors (Lipinski definition) is 1. The van der Waals surface area contributed by atoms with Crippen molar-refractivity contribution in [1.82, 2.24) is 9.55 Å². The van der Waals surface area contributed by atoms with Crippen LogP contribution >= 0.6 is 11.8 Å². The van der Waals surface area contributed by atoms with Crippen molar-refractivity contribution in [2.24, 2.45) is 0 Å². The quantitative estimate of drug-likeness (QED) is 0.903. The second kappa shape index (κ2) is 5.54. The smallest absolute Gasteiger partial charge is 0.365 e. The molecule has 0 amide bonds. The Morgan fingerprint density at radius 3 is 2.76 bits per heavy atom. The van der Waals surface area contributed by atoms with Crippen LogP contribution in [0.4, 0.5) is 4.79 Å². The second-order valence-electron chi connectivity index (χ2n) is 3.54. The molecule has 1 N–H and O–H groups in total. The van der Waals surface area contributed by atoms with E-state index < -0.39 is 5.30 Å². The molecule has 1 aromatic carbocycles. The fourth-order valence-electron chi connectivity index (χ4n) is 1.59. The maximum atomic E-state index is 10.8. The first-order valence-corrected chi connectivity index (χ1v) is 6.04. The third-order valence-corrected chi connectivity index (χ3v) is 3.26. The lowest BCUT2D eigenvalue weighted by Gasteiger charge is -2.14. The molecule has 2 aromatic rings. The van der Waals surface area contributed by atoms with Crippen molar-refractivity contribution in [3.05, 3.63) is 54.6 Å². The second-order valence-corrected chi connectivity index (χ2v) is 4.70. The van der Waals surface area contributed by atoms with Gasteiger partial charge in [-0.2, -0.15) is 0 Å². The summed E-state index contributed by atoms with van der Waals surface area (Å²) < 4.78 is 1.88. The molecule has 0 aliphatic carbocycles. The number of carbonyl (C=O) groups is 1.